The molecule has 1 aromatic carbocycles. The third-order valence-electron chi connectivity index (χ3n) is 4.58. The highest BCUT2D eigenvalue weighted by Gasteiger charge is 2.33. The van der Waals surface area contributed by atoms with E-state index in [0.717, 1.165) is 37.7 Å². The number of hydrogen-bond acceptors (Lipinski definition) is 5. The fraction of sp³-hybridized carbons (Fsp3) is 0.444. The summed E-state index contributed by atoms with van der Waals surface area (Å²) in [6.07, 6.45) is 4.52. The number of nitrogens with one attached hydrogen (secondary N) is 1. The van der Waals surface area contributed by atoms with Crippen LogP contribution in [0.4, 0.5) is 0 Å². The molecule has 1 N–H and O–H groups in total. The molecule has 26 heavy (non-hydrogen) atoms. The first-order valence-electron chi connectivity index (χ1n) is 8.54. The van der Waals surface area contributed by atoms with E-state index in [1.165, 1.54) is 11.8 Å². The van der Waals surface area contributed by atoms with Crippen LogP contribution in [0, 0.1) is 11.3 Å². The van der Waals surface area contributed by atoms with Gasteiger partial charge in [0.1, 0.15) is 5.54 Å². The lowest BCUT2D eigenvalue weighted by molar-refractivity contribution is -0.120. The van der Waals surface area contributed by atoms with E-state index in [2.05, 4.69) is 21.6 Å². The van der Waals surface area contributed by atoms with E-state index in [4.69, 9.17) is 11.6 Å². The van der Waals surface area contributed by atoms with Gasteiger partial charge in [0.05, 0.1) is 16.8 Å². The molecule has 0 aliphatic heterocycles. The fourth-order valence-corrected chi connectivity index (χ4v) is 4.10. The minimum Gasteiger partial charge on any atom is -0.337 e. The molecule has 1 aliphatic carbocycles. The molecule has 136 valence electrons. The number of halogens is 1. The number of thioether (sulfide) groups is 1. The Labute approximate surface area is 161 Å². The van der Waals surface area contributed by atoms with Gasteiger partial charge in [-0.2, -0.15) is 5.26 Å². The van der Waals surface area contributed by atoms with Gasteiger partial charge in [-0.25, -0.2) is 0 Å². The summed E-state index contributed by atoms with van der Waals surface area (Å²) in [5.41, 5.74) is 0.0875. The molecule has 1 aromatic heterocycles. The smallest absolute Gasteiger partial charge is 0.231 e. The molecule has 3 rings (SSSR count). The van der Waals surface area contributed by atoms with Crippen molar-refractivity contribution >= 4 is 29.3 Å². The highest BCUT2D eigenvalue weighted by molar-refractivity contribution is 7.99. The number of benzene rings is 1. The largest absolute Gasteiger partial charge is 0.337 e. The number of rotatable bonds is 5. The molecule has 1 amide bonds. The first-order valence-corrected chi connectivity index (χ1v) is 9.90. The maximum atomic E-state index is 12.3. The maximum absolute atomic E-state index is 12.3. The van der Waals surface area contributed by atoms with Gasteiger partial charge in [-0.05, 0) is 25.0 Å². The molecule has 1 heterocycles. The summed E-state index contributed by atoms with van der Waals surface area (Å²) in [6.45, 7) is 0. The molecule has 1 saturated carbocycles. The lowest BCUT2D eigenvalue weighted by Crippen LogP contribution is -2.49. The van der Waals surface area contributed by atoms with Crippen molar-refractivity contribution < 1.29 is 4.79 Å². The van der Waals surface area contributed by atoms with Gasteiger partial charge in [0.25, 0.3) is 0 Å². The van der Waals surface area contributed by atoms with Crippen molar-refractivity contribution in [1.29, 1.82) is 5.26 Å². The molecule has 2 aromatic rings. The number of hydrogen-bond donors (Lipinski definition) is 1. The molecule has 1 aliphatic rings. The van der Waals surface area contributed by atoms with Gasteiger partial charge in [-0.15, -0.1) is 10.2 Å². The molecule has 0 spiro atoms. The Bertz CT molecular complexity index is 838. The molecule has 0 bridgehead atoms. The molecule has 0 saturated heterocycles. The zero-order chi connectivity index (χ0) is 18.6. The third-order valence-corrected chi connectivity index (χ3v) is 5.93. The Morgan fingerprint density at radius 2 is 2.08 bits per heavy atom. The van der Waals surface area contributed by atoms with Gasteiger partial charge >= 0.3 is 0 Å². The van der Waals surface area contributed by atoms with Gasteiger partial charge in [-0.1, -0.05) is 54.8 Å². The SMILES string of the molecule is Cn1c(SCC(=O)NC2(C#N)CCCCC2)nnc1-c1ccccc1Cl. The normalized spacial score (nSPS) is 16.0. The quantitative estimate of drug-likeness (QED) is 0.790. The first kappa shape index (κ1) is 18.7. The molecule has 0 atom stereocenters. The van der Waals surface area contributed by atoms with Gasteiger partial charge in [0, 0.05) is 12.6 Å². The van der Waals surface area contributed by atoms with Crippen LogP contribution in [0.25, 0.3) is 11.4 Å². The van der Waals surface area contributed by atoms with Crippen LogP contribution in [-0.2, 0) is 11.8 Å². The van der Waals surface area contributed by atoms with Gasteiger partial charge in [-0.3, -0.25) is 4.79 Å². The van der Waals surface area contributed by atoms with Crippen LogP contribution in [0.1, 0.15) is 32.1 Å². The van der Waals surface area contributed by atoms with Crippen molar-refractivity contribution in [2.45, 2.75) is 42.8 Å². The topological polar surface area (TPSA) is 83.6 Å². The molecule has 0 radical (unpaired) electrons. The molecular weight excluding hydrogens is 370 g/mol. The zero-order valence-electron chi connectivity index (χ0n) is 14.5. The number of amides is 1. The van der Waals surface area contributed by atoms with Gasteiger partial charge in [0.2, 0.25) is 5.91 Å². The van der Waals surface area contributed by atoms with Crippen LogP contribution < -0.4 is 5.32 Å². The summed E-state index contributed by atoms with van der Waals surface area (Å²) >= 11 is 7.52. The van der Waals surface area contributed by atoms with Gasteiger partial charge in [0.15, 0.2) is 11.0 Å². The standard InChI is InChI=1S/C18H20ClN5OS/c1-24-16(13-7-3-4-8-14(13)19)22-23-17(24)26-11-15(25)21-18(12-20)9-5-2-6-10-18/h3-4,7-8H,2,5-6,9-11H2,1H3,(H,21,25). The number of carbonyl (C=O) groups excluding carboxylic acids is 1. The maximum Gasteiger partial charge on any atom is 0.231 e. The highest BCUT2D eigenvalue weighted by atomic mass is 35.5. The minimum atomic E-state index is -0.710. The number of nitrogens with zero attached hydrogens (tertiary/aromatic N) is 4. The Kier molecular flexibility index (Phi) is 5.84. The number of carbonyl (C=O) groups is 1. The second-order valence-electron chi connectivity index (χ2n) is 6.44. The van der Waals surface area contributed by atoms with Crippen LogP contribution in [0.2, 0.25) is 5.02 Å². The lowest BCUT2D eigenvalue weighted by atomic mass is 9.83. The summed E-state index contributed by atoms with van der Waals surface area (Å²) in [6, 6.07) is 9.74. The van der Waals surface area contributed by atoms with Crippen molar-refractivity contribution in [3.05, 3.63) is 29.3 Å². The summed E-state index contributed by atoms with van der Waals surface area (Å²) in [4.78, 5) is 12.3. The Morgan fingerprint density at radius 1 is 1.35 bits per heavy atom. The van der Waals surface area contributed by atoms with E-state index in [9.17, 15) is 10.1 Å². The van der Waals surface area contributed by atoms with Crippen molar-refractivity contribution in [2.24, 2.45) is 7.05 Å². The highest BCUT2D eigenvalue weighted by Crippen LogP contribution is 2.29. The van der Waals surface area contributed by atoms with E-state index in [-0.39, 0.29) is 11.7 Å². The Morgan fingerprint density at radius 3 is 2.77 bits per heavy atom. The predicted octanol–water partition coefficient (Wildman–Crippen LogP) is 3.57. The summed E-state index contributed by atoms with van der Waals surface area (Å²) in [7, 11) is 1.84. The molecule has 8 heteroatoms. The molecule has 1 fully saturated rings. The Balaban J connectivity index is 1.64. The predicted molar refractivity (Wildman–Crippen MR) is 102 cm³/mol. The molecule has 0 unspecified atom stereocenters. The fourth-order valence-electron chi connectivity index (χ4n) is 3.17. The second-order valence-corrected chi connectivity index (χ2v) is 7.79. The molecule has 6 nitrogen and oxygen atoms in total. The third kappa shape index (κ3) is 4.02. The van der Waals surface area contributed by atoms with E-state index < -0.39 is 5.54 Å². The van der Waals surface area contributed by atoms with Crippen LogP contribution in [0.3, 0.4) is 0 Å². The van der Waals surface area contributed by atoms with Gasteiger partial charge < -0.3 is 9.88 Å². The monoisotopic (exact) mass is 389 g/mol. The Hall–Kier alpha value is -2.04. The first-order chi connectivity index (χ1) is 12.5. The summed E-state index contributed by atoms with van der Waals surface area (Å²) in [5.74, 6) is 0.692. The minimum absolute atomic E-state index is 0.152. The lowest BCUT2D eigenvalue weighted by Gasteiger charge is -2.31. The van der Waals surface area contributed by atoms with Crippen molar-refractivity contribution in [1.82, 2.24) is 20.1 Å². The van der Waals surface area contributed by atoms with E-state index in [1.54, 1.807) is 6.07 Å². The summed E-state index contributed by atoms with van der Waals surface area (Å²) < 4.78 is 1.82. The zero-order valence-corrected chi connectivity index (χ0v) is 16.1. The number of aromatic nitrogens is 3. The van der Waals surface area contributed by atoms with Crippen LogP contribution >= 0.6 is 23.4 Å². The van der Waals surface area contributed by atoms with Crippen LogP contribution in [0.15, 0.2) is 29.4 Å². The molecular formula is C18H20ClN5OS. The van der Waals surface area contributed by atoms with Crippen LogP contribution in [0.5, 0.6) is 0 Å². The number of nitriles is 1. The summed E-state index contributed by atoms with van der Waals surface area (Å²) in [5, 5.41) is 22.0. The van der Waals surface area contributed by atoms with Crippen molar-refractivity contribution in [3.63, 3.8) is 0 Å². The second kappa shape index (κ2) is 8.11. The average Bonchev–Trinajstić information content (AvgIpc) is 3.01. The van der Waals surface area contributed by atoms with E-state index in [1.807, 2.05) is 29.8 Å². The van der Waals surface area contributed by atoms with E-state index >= 15 is 0 Å². The van der Waals surface area contributed by atoms with E-state index in [0.29, 0.717) is 16.0 Å². The van der Waals surface area contributed by atoms with Crippen LogP contribution in [-0.4, -0.2) is 32.0 Å². The average molecular weight is 390 g/mol. The van der Waals surface area contributed by atoms with Crippen molar-refractivity contribution in [2.75, 3.05) is 5.75 Å². The van der Waals surface area contributed by atoms with Crippen molar-refractivity contribution in [3.8, 4) is 17.5 Å².